The third kappa shape index (κ3) is 4.28. The summed E-state index contributed by atoms with van der Waals surface area (Å²) in [5.41, 5.74) is 1.63. The average Bonchev–Trinajstić information content (AvgIpc) is 3.10. The number of carbonyl (C=O) groups excluding carboxylic acids is 1. The van der Waals surface area contributed by atoms with Crippen molar-refractivity contribution in [3.63, 3.8) is 0 Å². The van der Waals surface area contributed by atoms with Gasteiger partial charge in [0.25, 0.3) is 0 Å². The highest BCUT2D eigenvalue weighted by atomic mass is 79.9. The molecule has 3 aromatic rings. The van der Waals surface area contributed by atoms with E-state index in [9.17, 15) is 4.79 Å². The number of thioether (sulfide) groups is 1. The molecule has 0 spiro atoms. The monoisotopic (exact) mass is 448 g/mol. The molecule has 0 aliphatic heterocycles. The second-order valence-corrected chi connectivity index (χ2v) is 8.07. The van der Waals surface area contributed by atoms with Gasteiger partial charge in [-0.1, -0.05) is 24.3 Å². The van der Waals surface area contributed by atoms with E-state index in [1.54, 1.807) is 23.8 Å². The fourth-order valence-corrected chi connectivity index (χ4v) is 4.85. The first-order valence-electron chi connectivity index (χ1n) is 7.85. The number of amides is 1. The van der Waals surface area contributed by atoms with E-state index in [-0.39, 0.29) is 5.91 Å². The minimum atomic E-state index is -0.103. The maximum absolute atomic E-state index is 12.3. The number of halogens is 1. The van der Waals surface area contributed by atoms with E-state index in [2.05, 4.69) is 27.0 Å². The van der Waals surface area contributed by atoms with Crippen molar-refractivity contribution in [2.45, 2.75) is 17.6 Å². The second kappa shape index (κ2) is 8.70. The van der Waals surface area contributed by atoms with Gasteiger partial charge in [-0.15, -0.1) is 23.1 Å². The van der Waals surface area contributed by atoms with Crippen molar-refractivity contribution in [2.75, 3.05) is 12.0 Å². The van der Waals surface area contributed by atoms with Gasteiger partial charge in [0.1, 0.15) is 5.75 Å². The summed E-state index contributed by atoms with van der Waals surface area (Å²) < 4.78 is 6.47. The van der Waals surface area contributed by atoms with Crippen LogP contribution in [0.1, 0.15) is 12.6 Å². The van der Waals surface area contributed by atoms with Gasteiger partial charge in [0.2, 0.25) is 5.91 Å². The molecule has 0 saturated carbocycles. The lowest BCUT2D eigenvalue weighted by Gasteiger charge is -2.20. The molecule has 4 nitrogen and oxygen atoms in total. The molecule has 0 saturated heterocycles. The number of hydrogen-bond donors (Lipinski definition) is 0. The molecule has 0 radical (unpaired) electrons. The van der Waals surface area contributed by atoms with E-state index in [1.807, 2.05) is 47.8 Å². The Kier molecular flexibility index (Phi) is 6.34. The molecule has 0 aliphatic rings. The zero-order valence-electron chi connectivity index (χ0n) is 14.3. The number of methoxy groups -OCH3 is 1. The Hall–Kier alpha value is -1.83. The fraction of sp³-hybridized carbons (Fsp3) is 0.158. The summed E-state index contributed by atoms with van der Waals surface area (Å²) in [5.74, 6) is 1.27. The lowest BCUT2D eigenvalue weighted by Crippen LogP contribution is -2.23. The SMILES string of the molecule is COc1ccccc1N(C(C)=O)c1nc(CSc2ccccc2Br)cs1. The van der Waals surface area contributed by atoms with E-state index < -0.39 is 0 Å². The van der Waals surface area contributed by atoms with Crippen LogP contribution < -0.4 is 9.64 Å². The molecule has 0 fully saturated rings. The van der Waals surface area contributed by atoms with Gasteiger partial charge >= 0.3 is 0 Å². The largest absolute Gasteiger partial charge is 0.495 e. The minimum absolute atomic E-state index is 0.103. The average molecular weight is 449 g/mol. The molecule has 7 heteroatoms. The number of nitrogens with zero attached hydrogens (tertiary/aromatic N) is 2. The Morgan fingerprint density at radius 2 is 1.96 bits per heavy atom. The molecule has 3 rings (SSSR count). The molecule has 0 unspecified atom stereocenters. The first kappa shape index (κ1) is 18.9. The van der Waals surface area contributed by atoms with Crippen LogP contribution in [0.3, 0.4) is 0 Å². The first-order chi connectivity index (χ1) is 12.6. The van der Waals surface area contributed by atoms with Gasteiger partial charge in [-0.05, 0) is 40.2 Å². The van der Waals surface area contributed by atoms with Crippen LogP contribution in [0.25, 0.3) is 0 Å². The molecule has 1 amide bonds. The van der Waals surface area contributed by atoms with Crippen molar-refractivity contribution in [3.8, 4) is 5.75 Å². The van der Waals surface area contributed by atoms with E-state index in [1.165, 1.54) is 18.3 Å². The molecule has 1 aromatic heterocycles. The molecule has 0 N–H and O–H groups in total. The highest BCUT2D eigenvalue weighted by Gasteiger charge is 2.21. The smallest absolute Gasteiger partial charge is 0.230 e. The van der Waals surface area contributed by atoms with E-state index in [0.29, 0.717) is 16.6 Å². The molecule has 0 aliphatic carbocycles. The van der Waals surface area contributed by atoms with Crippen LogP contribution in [0.4, 0.5) is 10.8 Å². The van der Waals surface area contributed by atoms with Gasteiger partial charge in [-0.3, -0.25) is 9.69 Å². The van der Waals surface area contributed by atoms with Crippen molar-refractivity contribution in [1.82, 2.24) is 4.98 Å². The predicted octanol–water partition coefficient (Wildman–Crippen LogP) is 5.89. The predicted molar refractivity (Wildman–Crippen MR) is 112 cm³/mol. The van der Waals surface area contributed by atoms with Gasteiger partial charge in [-0.25, -0.2) is 4.98 Å². The third-order valence-corrected chi connectivity index (χ3v) is 6.52. The number of aromatic nitrogens is 1. The van der Waals surface area contributed by atoms with Crippen LogP contribution in [0.5, 0.6) is 5.75 Å². The zero-order valence-corrected chi connectivity index (χ0v) is 17.5. The van der Waals surface area contributed by atoms with Crippen LogP contribution in [0.15, 0.2) is 63.3 Å². The second-order valence-electron chi connectivity index (χ2n) is 5.37. The fourth-order valence-electron chi connectivity index (χ4n) is 2.40. The highest BCUT2D eigenvalue weighted by Crippen LogP contribution is 2.36. The molecule has 26 heavy (non-hydrogen) atoms. The number of carbonyl (C=O) groups is 1. The standard InChI is InChI=1S/C19H17BrN2O2S2/c1-13(23)22(16-8-4-5-9-17(16)24-2)19-21-14(12-26-19)11-25-18-10-6-3-7-15(18)20/h3-10,12H,11H2,1-2H3. The number of para-hydroxylation sites is 2. The Balaban J connectivity index is 1.82. The lowest BCUT2D eigenvalue weighted by molar-refractivity contribution is -0.115. The van der Waals surface area contributed by atoms with E-state index in [0.717, 1.165) is 20.8 Å². The Morgan fingerprint density at radius 1 is 1.23 bits per heavy atom. The number of benzene rings is 2. The van der Waals surface area contributed by atoms with Gasteiger partial charge in [-0.2, -0.15) is 0 Å². The number of anilines is 2. The summed E-state index contributed by atoms with van der Waals surface area (Å²) in [7, 11) is 1.60. The zero-order chi connectivity index (χ0) is 18.5. The Morgan fingerprint density at radius 3 is 2.69 bits per heavy atom. The van der Waals surface area contributed by atoms with Gasteiger partial charge in [0.05, 0.1) is 18.5 Å². The van der Waals surface area contributed by atoms with Crippen molar-refractivity contribution in [2.24, 2.45) is 0 Å². The van der Waals surface area contributed by atoms with Crippen LogP contribution in [-0.4, -0.2) is 18.0 Å². The molecule has 0 bridgehead atoms. The Labute approximate surface area is 169 Å². The molecule has 134 valence electrons. The van der Waals surface area contributed by atoms with E-state index >= 15 is 0 Å². The summed E-state index contributed by atoms with van der Waals surface area (Å²) >= 11 is 6.72. The first-order valence-corrected chi connectivity index (χ1v) is 10.5. The van der Waals surface area contributed by atoms with Crippen LogP contribution >= 0.6 is 39.0 Å². The number of rotatable bonds is 6. The highest BCUT2D eigenvalue weighted by molar-refractivity contribution is 9.10. The summed E-state index contributed by atoms with van der Waals surface area (Å²) in [6.07, 6.45) is 0. The molecule has 1 heterocycles. The number of ether oxygens (including phenoxy) is 1. The third-order valence-electron chi connectivity index (χ3n) is 3.58. The van der Waals surface area contributed by atoms with Gasteiger partial charge in [0, 0.05) is 27.4 Å². The maximum Gasteiger partial charge on any atom is 0.230 e. The van der Waals surface area contributed by atoms with Crippen molar-refractivity contribution >= 4 is 55.8 Å². The quantitative estimate of drug-likeness (QED) is 0.440. The van der Waals surface area contributed by atoms with Crippen molar-refractivity contribution < 1.29 is 9.53 Å². The number of hydrogen-bond acceptors (Lipinski definition) is 5. The van der Waals surface area contributed by atoms with Crippen molar-refractivity contribution in [1.29, 1.82) is 0 Å². The summed E-state index contributed by atoms with van der Waals surface area (Å²) in [4.78, 5) is 19.7. The van der Waals surface area contributed by atoms with Crippen LogP contribution in [0.2, 0.25) is 0 Å². The van der Waals surface area contributed by atoms with Crippen molar-refractivity contribution in [3.05, 3.63) is 64.1 Å². The van der Waals surface area contributed by atoms with Crippen LogP contribution in [0, 0.1) is 0 Å². The minimum Gasteiger partial charge on any atom is -0.495 e. The molecular weight excluding hydrogens is 432 g/mol. The summed E-state index contributed by atoms with van der Waals surface area (Å²) in [5, 5.41) is 2.63. The molecular formula is C19H17BrN2O2S2. The van der Waals surface area contributed by atoms with E-state index in [4.69, 9.17) is 4.74 Å². The number of thiazole rings is 1. The lowest BCUT2D eigenvalue weighted by atomic mass is 10.2. The topological polar surface area (TPSA) is 42.4 Å². The van der Waals surface area contributed by atoms with Crippen LogP contribution in [-0.2, 0) is 10.5 Å². The molecule has 2 aromatic carbocycles. The normalized spacial score (nSPS) is 10.6. The van der Waals surface area contributed by atoms with Gasteiger partial charge in [0.15, 0.2) is 5.13 Å². The van der Waals surface area contributed by atoms with Gasteiger partial charge < -0.3 is 4.74 Å². The summed E-state index contributed by atoms with van der Waals surface area (Å²) in [6, 6.07) is 15.5. The summed E-state index contributed by atoms with van der Waals surface area (Å²) in [6.45, 7) is 1.53. The molecule has 0 atom stereocenters. The maximum atomic E-state index is 12.3. The Bertz CT molecular complexity index is 914.